The molecular weight excluding hydrogens is 254 g/mol. The zero-order valence-electron chi connectivity index (χ0n) is 11.5. The fraction of sp³-hybridized carbons (Fsp3) is 0.500. The molecular formula is C16H19NO3. The first-order valence-corrected chi connectivity index (χ1v) is 7.16. The molecule has 0 spiro atoms. The van der Waals surface area contributed by atoms with Gasteiger partial charge in [0.2, 0.25) is 0 Å². The van der Waals surface area contributed by atoms with Gasteiger partial charge in [0.05, 0.1) is 13.2 Å². The summed E-state index contributed by atoms with van der Waals surface area (Å²) in [5, 5.41) is 19.9. The van der Waals surface area contributed by atoms with Crippen molar-refractivity contribution in [2.75, 3.05) is 13.7 Å². The fourth-order valence-corrected chi connectivity index (χ4v) is 4.27. The van der Waals surface area contributed by atoms with Crippen molar-refractivity contribution in [1.82, 2.24) is 4.90 Å². The van der Waals surface area contributed by atoms with Crippen molar-refractivity contribution in [1.29, 1.82) is 0 Å². The summed E-state index contributed by atoms with van der Waals surface area (Å²) in [4.78, 5) is 2.43. The molecule has 3 aliphatic rings. The van der Waals surface area contributed by atoms with Gasteiger partial charge in [-0.25, -0.2) is 0 Å². The van der Waals surface area contributed by atoms with Gasteiger partial charge in [-0.1, -0.05) is 12.2 Å². The number of aliphatic hydroxyl groups excluding tert-OH is 1. The largest absolute Gasteiger partial charge is 0.504 e. The first kappa shape index (κ1) is 12.2. The van der Waals surface area contributed by atoms with Crippen LogP contribution in [-0.4, -0.2) is 40.9 Å². The number of hydrogen-bond acceptors (Lipinski definition) is 4. The second kappa shape index (κ2) is 3.99. The second-order valence-electron chi connectivity index (χ2n) is 6.12. The maximum atomic E-state index is 9.99. The summed E-state index contributed by atoms with van der Waals surface area (Å²) in [6, 6.07) is 4.19. The molecule has 1 aliphatic carbocycles. The van der Waals surface area contributed by atoms with Gasteiger partial charge in [0, 0.05) is 24.5 Å². The minimum Gasteiger partial charge on any atom is -0.504 e. The molecule has 1 fully saturated rings. The van der Waals surface area contributed by atoms with Gasteiger partial charge in [-0.05, 0) is 36.1 Å². The predicted molar refractivity (Wildman–Crippen MR) is 74.9 cm³/mol. The molecule has 106 valence electrons. The summed E-state index contributed by atoms with van der Waals surface area (Å²) >= 11 is 0. The topological polar surface area (TPSA) is 52.9 Å². The lowest BCUT2D eigenvalue weighted by atomic mass is 9.66. The molecule has 20 heavy (non-hydrogen) atoms. The van der Waals surface area contributed by atoms with Crippen LogP contribution < -0.4 is 4.74 Å². The molecule has 4 rings (SSSR count). The van der Waals surface area contributed by atoms with Crippen molar-refractivity contribution in [2.24, 2.45) is 0 Å². The van der Waals surface area contributed by atoms with E-state index >= 15 is 0 Å². The molecule has 1 aromatic carbocycles. The van der Waals surface area contributed by atoms with E-state index in [0.29, 0.717) is 11.8 Å². The molecule has 4 nitrogen and oxygen atoms in total. The lowest BCUT2D eigenvalue weighted by Gasteiger charge is -2.45. The Morgan fingerprint density at radius 3 is 3.05 bits per heavy atom. The summed E-state index contributed by atoms with van der Waals surface area (Å²) in [7, 11) is 1.58. The number of phenols is 1. The van der Waals surface area contributed by atoms with Crippen LogP contribution in [-0.2, 0) is 12.0 Å². The normalized spacial score (nSPS) is 37.4. The first-order valence-electron chi connectivity index (χ1n) is 7.16. The van der Waals surface area contributed by atoms with Crippen LogP contribution in [0.4, 0.5) is 0 Å². The average molecular weight is 273 g/mol. The van der Waals surface area contributed by atoms with Crippen LogP contribution in [0.1, 0.15) is 24.0 Å². The highest BCUT2D eigenvalue weighted by atomic mass is 16.5. The molecule has 2 aliphatic heterocycles. The van der Waals surface area contributed by atoms with Crippen LogP contribution in [0.5, 0.6) is 11.5 Å². The van der Waals surface area contributed by atoms with E-state index < -0.39 is 0 Å². The number of aromatic hydroxyl groups is 1. The van der Waals surface area contributed by atoms with Crippen molar-refractivity contribution >= 4 is 0 Å². The van der Waals surface area contributed by atoms with Gasteiger partial charge in [-0.15, -0.1) is 0 Å². The average Bonchev–Trinajstić information content (AvgIpc) is 2.71. The number of aliphatic hydroxyl groups is 1. The maximum Gasteiger partial charge on any atom is 0.160 e. The zero-order chi connectivity index (χ0) is 13.9. The van der Waals surface area contributed by atoms with E-state index in [1.165, 1.54) is 11.1 Å². The molecule has 4 atom stereocenters. The predicted octanol–water partition coefficient (Wildman–Crippen LogP) is 1.55. The quantitative estimate of drug-likeness (QED) is 0.762. The van der Waals surface area contributed by atoms with E-state index in [1.54, 1.807) is 7.11 Å². The van der Waals surface area contributed by atoms with Gasteiger partial charge >= 0.3 is 0 Å². The minimum atomic E-state index is -0.339. The van der Waals surface area contributed by atoms with Crippen molar-refractivity contribution in [3.63, 3.8) is 0 Å². The fourth-order valence-electron chi connectivity index (χ4n) is 4.27. The third-order valence-corrected chi connectivity index (χ3v) is 5.21. The summed E-state index contributed by atoms with van der Waals surface area (Å²) in [5.41, 5.74) is 2.42. The van der Waals surface area contributed by atoms with Crippen LogP contribution in [0, 0.1) is 0 Å². The van der Waals surface area contributed by atoms with Crippen molar-refractivity contribution in [3.05, 3.63) is 35.4 Å². The van der Waals surface area contributed by atoms with Gasteiger partial charge in [0.1, 0.15) is 0 Å². The standard InChI is InChI=1S/C16H19NO3/c1-20-14-8-12-10(6-13(14)19)9-17-5-4-16(12)3-2-11(18)7-15(16)17/h2-3,6,8,11,15,18-19H,4-5,7,9H2,1H3/t11-,15-,16-/m0/s1. The molecule has 0 amide bonds. The Balaban J connectivity index is 1.93. The molecule has 2 N–H and O–H groups in total. The molecule has 1 saturated heterocycles. The lowest BCUT2D eigenvalue weighted by molar-refractivity contribution is 0.110. The Hall–Kier alpha value is -1.52. The molecule has 0 aromatic heterocycles. The van der Waals surface area contributed by atoms with Crippen LogP contribution in [0.25, 0.3) is 0 Å². The Kier molecular flexibility index (Phi) is 2.44. The number of ether oxygens (including phenoxy) is 1. The maximum absolute atomic E-state index is 9.99. The van der Waals surface area contributed by atoms with Gasteiger partial charge in [-0.2, -0.15) is 0 Å². The summed E-state index contributed by atoms with van der Waals surface area (Å²) in [6.07, 6.45) is 5.63. The van der Waals surface area contributed by atoms with E-state index in [-0.39, 0.29) is 17.3 Å². The minimum absolute atomic E-state index is 0.0200. The second-order valence-corrected chi connectivity index (χ2v) is 6.12. The van der Waals surface area contributed by atoms with Crippen LogP contribution in [0.3, 0.4) is 0 Å². The molecule has 2 bridgehead atoms. The number of nitrogens with zero attached hydrogens (tertiary/aromatic N) is 1. The number of phenolic OH excluding ortho intramolecular Hbond substituents is 1. The zero-order valence-corrected chi connectivity index (χ0v) is 11.5. The Morgan fingerprint density at radius 1 is 1.40 bits per heavy atom. The van der Waals surface area contributed by atoms with Gasteiger partial charge < -0.3 is 14.9 Å². The van der Waals surface area contributed by atoms with Gasteiger partial charge in [0.25, 0.3) is 0 Å². The highest BCUT2D eigenvalue weighted by Gasteiger charge is 2.52. The van der Waals surface area contributed by atoms with Crippen molar-refractivity contribution in [3.8, 4) is 11.5 Å². The molecule has 0 saturated carbocycles. The number of rotatable bonds is 1. The third-order valence-electron chi connectivity index (χ3n) is 5.21. The van der Waals surface area contributed by atoms with Crippen LogP contribution >= 0.6 is 0 Å². The van der Waals surface area contributed by atoms with Gasteiger partial charge in [0.15, 0.2) is 11.5 Å². The smallest absolute Gasteiger partial charge is 0.160 e. The van der Waals surface area contributed by atoms with E-state index in [1.807, 2.05) is 18.2 Å². The van der Waals surface area contributed by atoms with E-state index in [4.69, 9.17) is 4.74 Å². The highest BCUT2D eigenvalue weighted by Crippen LogP contribution is 2.52. The van der Waals surface area contributed by atoms with Crippen LogP contribution in [0.15, 0.2) is 24.3 Å². The molecule has 1 aromatic rings. The van der Waals surface area contributed by atoms with E-state index in [9.17, 15) is 10.2 Å². The summed E-state index contributed by atoms with van der Waals surface area (Å²) < 4.78 is 5.28. The Morgan fingerprint density at radius 2 is 2.25 bits per heavy atom. The third kappa shape index (κ3) is 1.43. The molecule has 4 heteroatoms. The van der Waals surface area contributed by atoms with Crippen LogP contribution in [0.2, 0.25) is 0 Å². The Bertz CT molecular complexity index is 598. The number of hydrogen-bond donors (Lipinski definition) is 2. The Labute approximate surface area is 118 Å². The molecule has 1 unspecified atom stereocenters. The summed E-state index contributed by atoms with van der Waals surface area (Å²) in [6.45, 7) is 1.89. The lowest BCUT2D eigenvalue weighted by Crippen LogP contribution is -2.49. The monoisotopic (exact) mass is 273 g/mol. The van der Waals surface area contributed by atoms with E-state index in [0.717, 1.165) is 25.9 Å². The SMILES string of the molecule is COc1cc2c(cc1O)CN1CC[C@@]23C=C[C@H](O)C[C@H]13. The summed E-state index contributed by atoms with van der Waals surface area (Å²) in [5.74, 6) is 0.748. The first-order chi connectivity index (χ1) is 9.64. The number of benzene rings is 1. The van der Waals surface area contributed by atoms with Crippen molar-refractivity contribution in [2.45, 2.75) is 36.9 Å². The number of fused-ring (bicyclic) bond motifs is 1. The number of methoxy groups -OCH3 is 1. The molecule has 0 radical (unpaired) electrons. The van der Waals surface area contributed by atoms with E-state index in [2.05, 4.69) is 11.0 Å². The highest BCUT2D eigenvalue weighted by molar-refractivity contribution is 5.54. The van der Waals surface area contributed by atoms with Gasteiger partial charge in [-0.3, -0.25) is 4.90 Å². The molecule has 2 heterocycles. The van der Waals surface area contributed by atoms with Crippen molar-refractivity contribution < 1.29 is 14.9 Å².